The Morgan fingerprint density at radius 2 is 1.44 bits per heavy atom. The molecule has 0 saturated carbocycles. The predicted molar refractivity (Wildman–Crippen MR) is 153 cm³/mol. The minimum absolute atomic E-state index is 0.0277. The number of hydrazine groups is 1. The lowest BCUT2D eigenvalue weighted by atomic mass is 9.86. The predicted octanol–water partition coefficient (Wildman–Crippen LogP) is 6.74. The van der Waals surface area contributed by atoms with E-state index in [1.165, 1.54) is 22.3 Å². The van der Waals surface area contributed by atoms with Gasteiger partial charge in [0.25, 0.3) is 0 Å². The highest BCUT2D eigenvalue weighted by molar-refractivity contribution is 5.70. The van der Waals surface area contributed by atoms with Crippen molar-refractivity contribution in [3.8, 4) is 0 Å². The third-order valence-corrected chi connectivity index (χ3v) is 6.70. The molecule has 4 heteroatoms. The summed E-state index contributed by atoms with van der Waals surface area (Å²) in [7, 11) is 0. The Morgan fingerprint density at radius 1 is 0.833 bits per heavy atom. The smallest absolute Gasteiger partial charge is 0.120 e. The van der Waals surface area contributed by atoms with Crippen LogP contribution in [0.4, 0.5) is 0 Å². The summed E-state index contributed by atoms with van der Waals surface area (Å²) in [6.07, 6.45) is 1.94. The average molecular weight is 481 g/mol. The lowest BCUT2D eigenvalue weighted by Crippen LogP contribution is -2.44. The fraction of sp³-hybridized carbons (Fsp3) is 0.312. The molecule has 1 unspecified atom stereocenters. The van der Waals surface area contributed by atoms with Crippen LogP contribution >= 0.6 is 0 Å². The van der Waals surface area contributed by atoms with E-state index in [0.29, 0.717) is 0 Å². The third-order valence-electron chi connectivity index (χ3n) is 6.70. The topological polar surface area (TPSA) is 48.1 Å². The van der Waals surface area contributed by atoms with Gasteiger partial charge in [0.05, 0.1) is 5.70 Å². The molecule has 188 valence electrons. The Balaban J connectivity index is 1.41. The number of nitrogens with one attached hydrogen (secondary N) is 4. The van der Waals surface area contributed by atoms with Gasteiger partial charge in [-0.15, -0.1) is 0 Å². The lowest BCUT2D eigenvalue weighted by molar-refractivity contribution is 0.439. The van der Waals surface area contributed by atoms with Crippen molar-refractivity contribution in [3.05, 3.63) is 119 Å². The van der Waals surface area contributed by atoms with Crippen molar-refractivity contribution < 1.29 is 0 Å². The minimum atomic E-state index is -0.0277. The Kier molecular flexibility index (Phi) is 7.28. The van der Waals surface area contributed by atoms with E-state index >= 15 is 0 Å². The van der Waals surface area contributed by atoms with Crippen LogP contribution in [0.25, 0.3) is 11.4 Å². The highest BCUT2D eigenvalue weighted by Gasteiger charge is 2.19. The van der Waals surface area contributed by atoms with E-state index in [1.807, 2.05) is 6.20 Å². The highest BCUT2D eigenvalue weighted by Crippen LogP contribution is 2.26. The Hall–Kier alpha value is -3.50. The Labute approximate surface area is 216 Å². The van der Waals surface area contributed by atoms with Gasteiger partial charge in [-0.25, -0.2) is 5.43 Å². The molecule has 0 spiro atoms. The van der Waals surface area contributed by atoms with E-state index in [0.717, 1.165) is 29.1 Å². The molecule has 0 bridgehead atoms. The van der Waals surface area contributed by atoms with Gasteiger partial charge in [0.2, 0.25) is 0 Å². The molecule has 1 aliphatic rings. The maximum atomic E-state index is 4.29. The molecule has 3 aromatic carbocycles. The van der Waals surface area contributed by atoms with Gasteiger partial charge >= 0.3 is 0 Å². The molecule has 0 aromatic heterocycles. The van der Waals surface area contributed by atoms with Crippen LogP contribution in [0, 0.1) is 0 Å². The van der Waals surface area contributed by atoms with Crippen LogP contribution in [-0.2, 0) is 17.4 Å². The third kappa shape index (κ3) is 6.19. The molecule has 36 heavy (non-hydrogen) atoms. The van der Waals surface area contributed by atoms with E-state index < -0.39 is 0 Å². The molecule has 1 aliphatic heterocycles. The first-order valence-electron chi connectivity index (χ1n) is 12.7. The fourth-order valence-electron chi connectivity index (χ4n) is 4.25. The summed E-state index contributed by atoms with van der Waals surface area (Å²) in [6.45, 7) is 18.5. The molecule has 0 amide bonds. The van der Waals surface area contributed by atoms with Crippen LogP contribution in [0.15, 0.2) is 85.6 Å². The van der Waals surface area contributed by atoms with Gasteiger partial charge in [-0.2, -0.15) is 0 Å². The molecular weight excluding hydrogens is 440 g/mol. The van der Waals surface area contributed by atoms with Crippen LogP contribution in [-0.4, -0.2) is 0 Å². The Bertz CT molecular complexity index is 1220. The van der Waals surface area contributed by atoms with Crippen molar-refractivity contribution in [2.75, 3.05) is 0 Å². The molecule has 4 N–H and O–H groups in total. The molecule has 3 aromatic rings. The number of hydrogen-bond acceptors (Lipinski definition) is 4. The van der Waals surface area contributed by atoms with Crippen LogP contribution in [0.3, 0.4) is 0 Å². The van der Waals surface area contributed by atoms with E-state index in [4.69, 9.17) is 0 Å². The molecular formula is C32H40N4. The molecule has 4 rings (SSSR count). The molecule has 4 nitrogen and oxygen atoms in total. The second kappa shape index (κ2) is 10.2. The highest BCUT2D eigenvalue weighted by atomic mass is 15.4. The SMILES string of the molecule is C=C(NCc1ccc(C(C)(C)C)cc1)c1cccc(C2=CNNC(c3ccc(C(C)(C)C)cc3)N2)c1. The largest absolute Gasteiger partial charge is 0.381 e. The summed E-state index contributed by atoms with van der Waals surface area (Å²) in [5.74, 6) is 0. The molecule has 1 atom stereocenters. The van der Waals surface area contributed by atoms with Crippen molar-refractivity contribution in [3.63, 3.8) is 0 Å². The van der Waals surface area contributed by atoms with Gasteiger partial charge < -0.3 is 16.1 Å². The van der Waals surface area contributed by atoms with Gasteiger partial charge in [-0.3, -0.25) is 0 Å². The number of rotatable bonds is 6. The van der Waals surface area contributed by atoms with Crippen LogP contribution in [0.1, 0.15) is 81.1 Å². The average Bonchev–Trinajstić information content (AvgIpc) is 2.87. The quantitative estimate of drug-likeness (QED) is 0.316. The zero-order chi connectivity index (χ0) is 25.9. The number of hydrogen-bond donors (Lipinski definition) is 4. The van der Waals surface area contributed by atoms with E-state index in [9.17, 15) is 0 Å². The first-order chi connectivity index (χ1) is 17.0. The first kappa shape index (κ1) is 25.6. The van der Waals surface area contributed by atoms with Crippen molar-refractivity contribution in [1.29, 1.82) is 0 Å². The molecule has 0 radical (unpaired) electrons. The van der Waals surface area contributed by atoms with E-state index in [1.54, 1.807) is 0 Å². The molecule has 0 saturated heterocycles. The molecule has 0 aliphatic carbocycles. The molecule has 1 heterocycles. The van der Waals surface area contributed by atoms with E-state index in [2.05, 4.69) is 142 Å². The summed E-state index contributed by atoms with van der Waals surface area (Å²) in [6, 6.07) is 26.1. The second-order valence-electron chi connectivity index (χ2n) is 11.7. The van der Waals surface area contributed by atoms with Crippen molar-refractivity contribution in [2.45, 2.75) is 65.1 Å². The van der Waals surface area contributed by atoms with Crippen molar-refractivity contribution >= 4 is 11.4 Å². The van der Waals surface area contributed by atoms with Crippen molar-refractivity contribution in [1.82, 2.24) is 21.5 Å². The maximum absolute atomic E-state index is 4.29. The zero-order valence-corrected chi connectivity index (χ0v) is 22.5. The van der Waals surface area contributed by atoms with Crippen LogP contribution in [0.5, 0.6) is 0 Å². The van der Waals surface area contributed by atoms with Gasteiger partial charge in [-0.05, 0) is 50.3 Å². The minimum Gasteiger partial charge on any atom is -0.381 e. The zero-order valence-electron chi connectivity index (χ0n) is 22.5. The van der Waals surface area contributed by atoms with Gasteiger partial charge in [0.15, 0.2) is 0 Å². The van der Waals surface area contributed by atoms with Gasteiger partial charge in [0.1, 0.15) is 6.17 Å². The van der Waals surface area contributed by atoms with Gasteiger partial charge in [0, 0.05) is 18.4 Å². The molecule has 0 fully saturated rings. The van der Waals surface area contributed by atoms with Crippen molar-refractivity contribution in [2.24, 2.45) is 0 Å². The number of benzene rings is 3. The normalized spacial score (nSPS) is 15.9. The monoisotopic (exact) mass is 480 g/mol. The first-order valence-corrected chi connectivity index (χ1v) is 12.7. The van der Waals surface area contributed by atoms with Gasteiger partial charge in [-0.1, -0.05) is 115 Å². The maximum Gasteiger partial charge on any atom is 0.120 e. The summed E-state index contributed by atoms with van der Waals surface area (Å²) < 4.78 is 0. The van der Waals surface area contributed by atoms with Crippen LogP contribution in [0.2, 0.25) is 0 Å². The van der Waals surface area contributed by atoms with E-state index in [-0.39, 0.29) is 17.0 Å². The summed E-state index contributed by atoms with van der Waals surface area (Å²) in [5, 5.41) is 7.12. The second-order valence-corrected chi connectivity index (χ2v) is 11.7. The summed E-state index contributed by atoms with van der Waals surface area (Å²) in [4.78, 5) is 0. The summed E-state index contributed by atoms with van der Waals surface area (Å²) in [5.41, 5.74) is 16.1. The van der Waals surface area contributed by atoms with Crippen LogP contribution < -0.4 is 21.5 Å². The Morgan fingerprint density at radius 3 is 2.06 bits per heavy atom. The lowest BCUT2D eigenvalue weighted by Gasteiger charge is -2.29. The summed E-state index contributed by atoms with van der Waals surface area (Å²) >= 11 is 0. The standard InChI is InChI=1S/C32H40N4/c1-22(33-20-23-11-15-27(16-12-23)31(2,3)4)25-9-8-10-26(19-25)29-21-34-36-30(35-29)24-13-17-28(18-14-24)32(5,6)7/h8-19,21,30,33-36H,1,20H2,2-7H3. The fourth-order valence-corrected chi connectivity index (χ4v) is 4.25.